The molecule has 3 heterocycles. The van der Waals surface area contributed by atoms with E-state index in [1.54, 1.807) is 20.3 Å². The van der Waals surface area contributed by atoms with Gasteiger partial charge < -0.3 is 23.6 Å². The molecule has 1 N–H and O–H groups in total. The number of ether oxygens (including phenoxy) is 2. The van der Waals surface area contributed by atoms with Crippen LogP contribution in [0, 0.1) is 0 Å². The van der Waals surface area contributed by atoms with Gasteiger partial charge in [-0.3, -0.25) is 14.1 Å². The average Bonchev–Trinajstić information content (AvgIpc) is 3.56. The number of hydroxylamine groups is 2. The monoisotopic (exact) mass is 792 g/mol. The maximum absolute atomic E-state index is 12.4. The molecule has 0 bridgehead atoms. The van der Waals surface area contributed by atoms with Crippen molar-refractivity contribution >= 4 is 39.7 Å². The number of fused-ring (bicyclic) bond motifs is 2. The molecule has 1 aromatic carbocycles. The molecule has 2 amide bonds. The molecular weight excluding hydrogens is 739 g/mol. The maximum Gasteiger partial charge on any atom is 0.333 e. The fourth-order valence-corrected chi connectivity index (χ4v) is 7.51. The Morgan fingerprint density at radius 1 is 0.964 bits per heavy atom. The number of allylic oxidation sites excluding steroid dienone is 3. The first-order chi connectivity index (χ1) is 26.4. The fourth-order valence-electron chi connectivity index (χ4n) is 7.00. The lowest BCUT2D eigenvalue weighted by Gasteiger charge is -2.27. The Kier molecular flexibility index (Phi) is 13.4. The summed E-state index contributed by atoms with van der Waals surface area (Å²) in [6.45, 7) is 13.4. The van der Waals surface area contributed by atoms with Gasteiger partial charge in [0.2, 0.25) is 5.36 Å². The van der Waals surface area contributed by atoms with E-state index < -0.39 is 33.3 Å². The second-order valence-corrected chi connectivity index (χ2v) is 17.1. The smallest absolute Gasteiger partial charge is 0.333 e. The number of hydrogen-bond donors (Lipinski definition) is 1. The molecule has 1 saturated heterocycles. The van der Waals surface area contributed by atoms with E-state index >= 15 is 0 Å². The fraction of sp³-hybridized carbons (Fsp3) is 0.476. The van der Waals surface area contributed by atoms with E-state index in [-0.39, 0.29) is 29.6 Å². The van der Waals surface area contributed by atoms with Crippen LogP contribution in [0.3, 0.4) is 0 Å². The lowest BCUT2D eigenvalue weighted by atomic mass is 9.83. The van der Waals surface area contributed by atoms with Gasteiger partial charge in [0.05, 0.1) is 11.0 Å². The molecule has 0 unspecified atom stereocenters. The number of methoxy groups -OCH3 is 2. The Balaban J connectivity index is 1.45. The van der Waals surface area contributed by atoms with Crippen molar-refractivity contribution in [1.82, 2.24) is 9.64 Å². The third-order valence-electron chi connectivity index (χ3n) is 10.2. The van der Waals surface area contributed by atoms with Crippen LogP contribution in [0.2, 0.25) is 0 Å². The summed E-state index contributed by atoms with van der Waals surface area (Å²) in [5.74, 6) is -0.0847. The molecule has 0 aromatic heterocycles. The van der Waals surface area contributed by atoms with Crippen molar-refractivity contribution in [2.24, 2.45) is 0 Å². The Bertz CT molecular complexity index is 2130. The second-order valence-electron chi connectivity index (χ2n) is 15.7. The lowest BCUT2D eigenvalue weighted by Crippen LogP contribution is -2.35. The summed E-state index contributed by atoms with van der Waals surface area (Å²) in [4.78, 5) is 43.0. The first-order valence-corrected chi connectivity index (χ1v) is 20.4. The molecule has 0 atom stereocenters. The van der Waals surface area contributed by atoms with Gasteiger partial charge in [0, 0.05) is 73.9 Å². The van der Waals surface area contributed by atoms with Crippen molar-refractivity contribution in [2.75, 3.05) is 52.0 Å². The summed E-state index contributed by atoms with van der Waals surface area (Å²) in [7, 11) is -1.06. The van der Waals surface area contributed by atoms with Crippen LogP contribution in [0.15, 0.2) is 69.6 Å². The number of rotatable bonds is 16. The van der Waals surface area contributed by atoms with E-state index in [4.69, 9.17) is 18.7 Å². The predicted molar refractivity (Wildman–Crippen MR) is 212 cm³/mol. The number of benzene rings is 2. The van der Waals surface area contributed by atoms with Crippen molar-refractivity contribution in [3.05, 3.63) is 82.6 Å². The van der Waals surface area contributed by atoms with Crippen LogP contribution in [0.4, 0.5) is 5.69 Å². The van der Waals surface area contributed by atoms with Crippen LogP contribution in [-0.2, 0) is 49.6 Å². The highest BCUT2D eigenvalue weighted by atomic mass is 32.2. The highest BCUT2D eigenvalue weighted by molar-refractivity contribution is 7.85. The molecule has 1 aromatic rings. The van der Waals surface area contributed by atoms with Crippen LogP contribution < -0.4 is 14.8 Å². The van der Waals surface area contributed by atoms with Crippen molar-refractivity contribution in [2.45, 2.75) is 88.9 Å². The number of unbranched alkanes of at least 4 members (excludes halogenated alkanes) is 2. The summed E-state index contributed by atoms with van der Waals surface area (Å²) < 4.78 is 53.6. The molecule has 302 valence electrons. The van der Waals surface area contributed by atoms with E-state index in [2.05, 4.69) is 60.6 Å². The summed E-state index contributed by atoms with van der Waals surface area (Å²) in [6.07, 6.45) is 8.03. The number of carbonyl (C=O) groups excluding carboxylic acids is 3. The lowest BCUT2D eigenvalue weighted by molar-refractivity contribution is -0.197. The van der Waals surface area contributed by atoms with Gasteiger partial charge in [-0.15, -0.1) is 5.06 Å². The number of imide groups is 1. The van der Waals surface area contributed by atoms with Gasteiger partial charge in [0.15, 0.2) is 13.1 Å². The van der Waals surface area contributed by atoms with Crippen LogP contribution in [0.1, 0.15) is 90.0 Å². The van der Waals surface area contributed by atoms with Crippen molar-refractivity contribution in [3.8, 4) is 11.3 Å². The van der Waals surface area contributed by atoms with Gasteiger partial charge in [0.1, 0.15) is 24.7 Å². The van der Waals surface area contributed by atoms with E-state index in [0.717, 1.165) is 45.0 Å². The molecule has 1 aliphatic carbocycles. The zero-order valence-corrected chi connectivity index (χ0v) is 34.2. The van der Waals surface area contributed by atoms with E-state index in [9.17, 15) is 27.4 Å². The Labute approximate surface area is 329 Å². The molecule has 56 heavy (non-hydrogen) atoms. The highest BCUT2D eigenvalue weighted by Gasteiger charge is 2.40. The molecular formula is C42H54N3O10S+. The Hall–Kier alpha value is -4.63. The van der Waals surface area contributed by atoms with Crippen molar-refractivity contribution in [3.63, 3.8) is 0 Å². The Morgan fingerprint density at radius 3 is 2.27 bits per heavy atom. The van der Waals surface area contributed by atoms with Crippen molar-refractivity contribution < 1.29 is 46.1 Å². The maximum atomic E-state index is 12.4. The first kappa shape index (κ1) is 42.5. The minimum Gasteiger partial charge on any atom is -0.460 e. The molecule has 13 nitrogen and oxygen atoms in total. The molecule has 0 spiro atoms. The van der Waals surface area contributed by atoms with Gasteiger partial charge in [0.25, 0.3) is 21.9 Å². The molecule has 3 aliphatic heterocycles. The zero-order valence-electron chi connectivity index (χ0n) is 33.4. The molecule has 4 aliphatic rings. The Morgan fingerprint density at radius 2 is 1.64 bits per heavy atom. The summed E-state index contributed by atoms with van der Waals surface area (Å²) in [6, 6.07) is 12.9. The number of nitrogens with zero attached hydrogens (tertiary/aromatic N) is 3. The third-order valence-corrected chi connectivity index (χ3v) is 11.0. The number of anilines is 1. The summed E-state index contributed by atoms with van der Waals surface area (Å²) in [5.41, 5.74) is 3.52. The van der Waals surface area contributed by atoms with E-state index in [1.165, 1.54) is 12.1 Å². The van der Waals surface area contributed by atoms with Gasteiger partial charge in [-0.05, 0) is 60.4 Å². The number of amides is 2. The number of carbonyl (C=O) groups is 3. The SMILES string of the molecule is COCC[N+](CCOC)=c1ccc2c(/C=C/C=C3/N(CCCCCC(=O)ON4C(=O)CCC4=O)c4ccc(S(=O)(=O)O)cc4C3(C)C)cc(C(C)(C)C)oc-2c1. The molecule has 5 rings (SSSR count). The summed E-state index contributed by atoms with van der Waals surface area (Å²) in [5, 5.41) is 1.56. The average molecular weight is 793 g/mol. The first-order valence-electron chi connectivity index (χ1n) is 18.9. The minimum absolute atomic E-state index is 0.0390. The molecule has 1 fully saturated rings. The van der Waals surface area contributed by atoms with Crippen LogP contribution >= 0.6 is 0 Å². The van der Waals surface area contributed by atoms with E-state index in [0.29, 0.717) is 57.2 Å². The zero-order chi connectivity index (χ0) is 40.8. The van der Waals surface area contributed by atoms with Gasteiger partial charge >= 0.3 is 5.97 Å². The highest BCUT2D eigenvalue weighted by Crippen LogP contribution is 2.48. The molecule has 0 radical (unpaired) electrons. The van der Waals surface area contributed by atoms with E-state index in [1.807, 2.05) is 26.0 Å². The summed E-state index contributed by atoms with van der Waals surface area (Å²) >= 11 is 0. The normalized spacial score (nSPS) is 16.5. The van der Waals surface area contributed by atoms with Gasteiger partial charge in [-0.25, -0.2) is 9.37 Å². The standard InChI is InChI=1S/C42H53N3O10S/c1-41(2,3)37-26-29(32-17-15-30(27-35(32)54-37)43(22-24-52-6)23-25-53-7)12-11-13-36-42(4,5)33-28-31(56(49,50)51)16-18-34(33)44(36)21-10-8-9-14-40(48)55-45-38(46)19-20-39(45)47/h11-13,15-18,26-28H,8-10,14,19-25H2,1-7H3/p+1. The topological polar surface area (TPSA) is 156 Å². The van der Waals surface area contributed by atoms with Crippen LogP contribution in [0.5, 0.6) is 0 Å². The minimum atomic E-state index is -4.43. The molecule has 14 heteroatoms. The van der Waals surface area contributed by atoms with Gasteiger partial charge in [-0.1, -0.05) is 53.2 Å². The number of hydrogen-bond acceptors (Lipinski definition) is 10. The second kappa shape index (κ2) is 17.7. The molecule has 0 saturated carbocycles. The van der Waals surface area contributed by atoms with Crippen LogP contribution in [-0.4, -0.2) is 82.9 Å². The largest absolute Gasteiger partial charge is 0.460 e. The van der Waals surface area contributed by atoms with Gasteiger partial charge in [-0.2, -0.15) is 8.42 Å². The quantitative estimate of drug-likeness (QED) is 0.0803. The third kappa shape index (κ3) is 9.84. The van der Waals surface area contributed by atoms with Crippen molar-refractivity contribution in [1.29, 1.82) is 0 Å². The van der Waals surface area contributed by atoms with Crippen LogP contribution in [0.25, 0.3) is 17.4 Å². The predicted octanol–water partition coefficient (Wildman–Crippen LogP) is 5.86.